The van der Waals surface area contributed by atoms with Crippen LogP contribution < -0.4 is 5.32 Å². The van der Waals surface area contributed by atoms with E-state index < -0.39 is 0 Å². The normalized spacial score (nSPS) is 10.1. The summed E-state index contributed by atoms with van der Waals surface area (Å²) in [5.74, 6) is -0.0404. The average molecular weight is 372 g/mol. The highest BCUT2D eigenvalue weighted by molar-refractivity contribution is 14.1. The Morgan fingerprint density at radius 3 is 2.67 bits per heavy atom. The molecule has 0 fully saturated rings. The van der Waals surface area contributed by atoms with Crippen LogP contribution in [0.4, 0.5) is 5.69 Å². The fourth-order valence-electron chi connectivity index (χ4n) is 1.59. The lowest BCUT2D eigenvalue weighted by Crippen LogP contribution is -2.15. The molecule has 0 saturated carbocycles. The van der Waals surface area contributed by atoms with Crippen molar-refractivity contribution in [2.75, 3.05) is 5.32 Å². The van der Waals surface area contributed by atoms with Gasteiger partial charge in [0.1, 0.15) is 0 Å². The van der Waals surface area contributed by atoms with Gasteiger partial charge in [-0.25, -0.2) is 0 Å². The Bertz CT molecular complexity index is 571. The first-order chi connectivity index (χ1) is 8.65. The minimum atomic E-state index is -0.0404. The average Bonchev–Trinajstić information content (AvgIpc) is 2.32. The van der Waals surface area contributed by atoms with Gasteiger partial charge in [0, 0.05) is 8.59 Å². The molecule has 0 aliphatic carbocycles. The van der Waals surface area contributed by atoms with Gasteiger partial charge < -0.3 is 5.32 Å². The van der Waals surface area contributed by atoms with Crippen LogP contribution in [0.25, 0.3) is 0 Å². The van der Waals surface area contributed by atoms with Crippen LogP contribution in [0.3, 0.4) is 0 Å². The van der Waals surface area contributed by atoms with Crippen molar-refractivity contribution in [3.05, 3.63) is 62.7 Å². The van der Waals surface area contributed by atoms with E-state index in [1.165, 1.54) is 0 Å². The summed E-state index contributed by atoms with van der Waals surface area (Å²) in [5.41, 5.74) is 1.75. The fourth-order valence-corrected chi connectivity index (χ4v) is 2.32. The Labute approximate surface area is 124 Å². The van der Waals surface area contributed by atoms with Crippen molar-refractivity contribution in [3.8, 4) is 0 Å². The Morgan fingerprint density at radius 2 is 1.94 bits per heavy atom. The zero-order valence-corrected chi connectivity index (χ0v) is 12.4. The SMILES string of the molecule is O=C(Cc1cccc(Cl)c1)Nc1ccccc1I. The number of nitrogens with one attached hydrogen (secondary N) is 1. The smallest absolute Gasteiger partial charge is 0.228 e. The van der Waals surface area contributed by atoms with Crippen molar-refractivity contribution in [1.29, 1.82) is 0 Å². The second kappa shape index (κ2) is 6.20. The van der Waals surface area contributed by atoms with E-state index in [0.717, 1.165) is 14.8 Å². The molecular weight excluding hydrogens is 361 g/mol. The number of hydrogen-bond acceptors (Lipinski definition) is 1. The highest BCUT2D eigenvalue weighted by atomic mass is 127. The lowest BCUT2D eigenvalue weighted by molar-refractivity contribution is -0.115. The van der Waals surface area contributed by atoms with E-state index in [0.29, 0.717) is 11.4 Å². The van der Waals surface area contributed by atoms with Crippen LogP contribution in [-0.2, 0) is 11.2 Å². The van der Waals surface area contributed by atoms with Gasteiger partial charge in [-0.2, -0.15) is 0 Å². The first kappa shape index (κ1) is 13.4. The molecule has 2 rings (SSSR count). The number of benzene rings is 2. The van der Waals surface area contributed by atoms with Crippen LogP contribution in [0.15, 0.2) is 48.5 Å². The summed E-state index contributed by atoms with van der Waals surface area (Å²) in [6.45, 7) is 0. The summed E-state index contributed by atoms with van der Waals surface area (Å²) in [4.78, 5) is 11.9. The molecule has 18 heavy (non-hydrogen) atoms. The van der Waals surface area contributed by atoms with Gasteiger partial charge in [-0.3, -0.25) is 4.79 Å². The lowest BCUT2D eigenvalue weighted by atomic mass is 10.1. The van der Waals surface area contributed by atoms with E-state index >= 15 is 0 Å². The van der Waals surface area contributed by atoms with Crippen molar-refractivity contribution in [1.82, 2.24) is 0 Å². The maximum atomic E-state index is 11.9. The maximum absolute atomic E-state index is 11.9. The zero-order chi connectivity index (χ0) is 13.0. The highest BCUT2D eigenvalue weighted by Crippen LogP contribution is 2.17. The number of amides is 1. The molecule has 0 spiro atoms. The number of anilines is 1. The predicted molar refractivity (Wildman–Crippen MR) is 82.9 cm³/mol. The summed E-state index contributed by atoms with van der Waals surface area (Å²) in [7, 11) is 0. The van der Waals surface area contributed by atoms with Gasteiger partial charge >= 0.3 is 0 Å². The van der Waals surface area contributed by atoms with Crippen molar-refractivity contribution in [2.24, 2.45) is 0 Å². The molecule has 2 aromatic rings. The second-order valence-corrected chi connectivity index (χ2v) is 5.43. The molecular formula is C14H11ClINO. The number of carbonyl (C=O) groups is 1. The van der Waals surface area contributed by atoms with E-state index in [1.807, 2.05) is 36.4 Å². The summed E-state index contributed by atoms with van der Waals surface area (Å²) < 4.78 is 1.02. The second-order valence-electron chi connectivity index (χ2n) is 3.83. The molecule has 0 aliphatic heterocycles. The van der Waals surface area contributed by atoms with Gasteiger partial charge in [-0.05, 0) is 52.4 Å². The number of para-hydroxylation sites is 1. The van der Waals surface area contributed by atoms with Crippen molar-refractivity contribution >= 4 is 45.8 Å². The number of hydrogen-bond donors (Lipinski definition) is 1. The molecule has 4 heteroatoms. The molecule has 92 valence electrons. The van der Waals surface area contributed by atoms with Crippen molar-refractivity contribution < 1.29 is 4.79 Å². The van der Waals surface area contributed by atoms with Crippen LogP contribution in [0.1, 0.15) is 5.56 Å². The van der Waals surface area contributed by atoms with E-state index in [4.69, 9.17) is 11.6 Å². The van der Waals surface area contributed by atoms with Gasteiger partial charge in [-0.15, -0.1) is 0 Å². The summed E-state index contributed by atoms with van der Waals surface area (Å²) >= 11 is 8.08. The summed E-state index contributed by atoms with van der Waals surface area (Å²) in [6, 6.07) is 15.0. The number of halogens is 2. The fraction of sp³-hybridized carbons (Fsp3) is 0.0714. The Morgan fingerprint density at radius 1 is 1.17 bits per heavy atom. The summed E-state index contributed by atoms with van der Waals surface area (Å²) in [6.07, 6.45) is 0.325. The third kappa shape index (κ3) is 3.71. The molecule has 2 aromatic carbocycles. The molecule has 0 heterocycles. The Hall–Kier alpha value is -1.07. The van der Waals surface area contributed by atoms with Gasteiger partial charge in [0.15, 0.2) is 0 Å². The number of carbonyl (C=O) groups excluding carboxylic acids is 1. The molecule has 0 radical (unpaired) electrons. The molecule has 0 atom stereocenters. The molecule has 0 aliphatic rings. The molecule has 0 saturated heterocycles. The minimum absolute atomic E-state index is 0.0404. The third-order valence-electron chi connectivity index (χ3n) is 2.40. The zero-order valence-electron chi connectivity index (χ0n) is 9.49. The molecule has 0 aromatic heterocycles. The van der Waals surface area contributed by atoms with Gasteiger partial charge in [0.25, 0.3) is 0 Å². The largest absolute Gasteiger partial charge is 0.325 e. The van der Waals surface area contributed by atoms with Crippen LogP contribution in [0, 0.1) is 3.57 Å². The van der Waals surface area contributed by atoms with Crippen LogP contribution in [0.2, 0.25) is 5.02 Å². The number of rotatable bonds is 3. The first-order valence-electron chi connectivity index (χ1n) is 5.44. The van der Waals surface area contributed by atoms with Crippen molar-refractivity contribution in [2.45, 2.75) is 6.42 Å². The Balaban J connectivity index is 2.03. The molecule has 1 N–H and O–H groups in total. The molecule has 2 nitrogen and oxygen atoms in total. The first-order valence-corrected chi connectivity index (χ1v) is 6.89. The predicted octanol–water partition coefficient (Wildman–Crippen LogP) is 4.13. The van der Waals surface area contributed by atoms with Crippen LogP contribution in [0.5, 0.6) is 0 Å². The quantitative estimate of drug-likeness (QED) is 0.808. The van der Waals surface area contributed by atoms with Crippen molar-refractivity contribution in [3.63, 3.8) is 0 Å². The molecule has 0 bridgehead atoms. The maximum Gasteiger partial charge on any atom is 0.228 e. The lowest BCUT2D eigenvalue weighted by Gasteiger charge is -2.07. The van der Waals surface area contributed by atoms with E-state index in [2.05, 4.69) is 27.9 Å². The molecule has 1 amide bonds. The van der Waals surface area contributed by atoms with Crippen LogP contribution >= 0.6 is 34.2 Å². The van der Waals surface area contributed by atoms with E-state index in [9.17, 15) is 4.79 Å². The topological polar surface area (TPSA) is 29.1 Å². The monoisotopic (exact) mass is 371 g/mol. The molecule has 0 unspecified atom stereocenters. The van der Waals surface area contributed by atoms with Gasteiger partial charge in [0.05, 0.1) is 12.1 Å². The third-order valence-corrected chi connectivity index (χ3v) is 3.58. The minimum Gasteiger partial charge on any atom is -0.325 e. The van der Waals surface area contributed by atoms with Gasteiger partial charge in [0.2, 0.25) is 5.91 Å². The van der Waals surface area contributed by atoms with E-state index in [1.54, 1.807) is 12.1 Å². The van der Waals surface area contributed by atoms with E-state index in [-0.39, 0.29) is 5.91 Å². The highest BCUT2D eigenvalue weighted by Gasteiger charge is 2.06. The van der Waals surface area contributed by atoms with Crippen LogP contribution in [-0.4, -0.2) is 5.91 Å². The Kier molecular flexibility index (Phi) is 4.60. The standard InChI is InChI=1S/C14H11ClINO/c15-11-5-3-4-10(8-11)9-14(18)17-13-7-2-1-6-12(13)16/h1-8H,9H2,(H,17,18). The van der Waals surface area contributed by atoms with Gasteiger partial charge in [-0.1, -0.05) is 35.9 Å². The summed E-state index contributed by atoms with van der Waals surface area (Å²) in [5, 5.41) is 3.54.